The van der Waals surface area contributed by atoms with Crippen LogP contribution in [0.3, 0.4) is 0 Å². The van der Waals surface area contributed by atoms with Crippen LogP contribution in [0.2, 0.25) is 0 Å². The highest BCUT2D eigenvalue weighted by Crippen LogP contribution is 2.32. The van der Waals surface area contributed by atoms with Gasteiger partial charge in [0.15, 0.2) is 0 Å². The fourth-order valence-corrected chi connectivity index (χ4v) is 6.74. The van der Waals surface area contributed by atoms with Gasteiger partial charge in [-0.3, -0.25) is 4.79 Å². The van der Waals surface area contributed by atoms with Crippen molar-refractivity contribution in [3.05, 3.63) is 59.9 Å². The molecule has 0 bridgehead atoms. The van der Waals surface area contributed by atoms with Gasteiger partial charge in [0.05, 0.1) is 5.41 Å². The minimum absolute atomic E-state index is 0.248. The summed E-state index contributed by atoms with van der Waals surface area (Å²) in [5, 5.41) is 15.0. The number of piperidine rings is 2. The zero-order valence-corrected chi connectivity index (χ0v) is 35.4. The quantitative estimate of drug-likeness (QED) is 0.151. The van der Waals surface area contributed by atoms with Gasteiger partial charge < -0.3 is 50.3 Å². The van der Waals surface area contributed by atoms with Crippen molar-refractivity contribution in [1.82, 2.24) is 18.9 Å². The number of carboxylic acids is 1. The van der Waals surface area contributed by atoms with E-state index in [0.717, 1.165) is 24.2 Å². The number of aromatic nitrogens is 2. The number of nitrogens with zero attached hydrogens (tertiary/aromatic N) is 4. The number of benzene rings is 2. The number of fused-ring (bicyclic) bond motifs is 2. The molecule has 2 amide bonds. The highest BCUT2D eigenvalue weighted by molar-refractivity contribution is 5.85. The van der Waals surface area contributed by atoms with Crippen molar-refractivity contribution in [3.8, 4) is 0 Å². The topological polar surface area (TPSA) is 170 Å². The number of anilines is 2. The number of likely N-dealkylation sites (tertiary alicyclic amines) is 2. The Hall–Kier alpha value is -4.91. The van der Waals surface area contributed by atoms with Crippen molar-refractivity contribution in [2.75, 3.05) is 43.8 Å². The number of hydrogen-bond acceptors (Lipinski definition) is 8. The average Bonchev–Trinajstić information content (AvgIpc) is 3.54. The SMILES string of the molecule is CC(C)(C)OC(=O)N1CCC(C)(C(=O)O)CC1.Cc1cc2cc(N)ccc2n1C.Cc1cc2cc(NCC3(N)CCN(C(=O)OC(C)(C)C)CC3)ccc2n1C. The first-order chi connectivity index (χ1) is 25.9. The van der Waals surface area contributed by atoms with E-state index in [0.29, 0.717) is 45.6 Å². The molecule has 2 saturated heterocycles. The fourth-order valence-electron chi connectivity index (χ4n) is 6.74. The van der Waals surface area contributed by atoms with Crippen molar-refractivity contribution in [3.63, 3.8) is 0 Å². The number of rotatable bonds is 4. The third-order valence-corrected chi connectivity index (χ3v) is 10.7. The predicted octanol–water partition coefficient (Wildman–Crippen LogP) is 7.80. The van der Waals surface area contributed by atoms with Crippen LogP contribution in [0.15, 0.2) is 48.5 Å². The molecule has 2 fully saturated rings. The largest absolute Gasteiger partial charge is 0.481 e. The molecule has 308 valence electrons. The molecule has 0 radical (unpaired) electrons. The third-order valence-electron chi connectivity index (χ3n) is 10.7. The number of nitrogens with two attached hydrogens (primary N) is 2. The van der Waals surface area contributed by atoms with E-state index >= 15 is 0 Å². The van der Waals surface area contributed by atoms with Crippen molar-refractivity contribution in [2.45, 2.75) is 105 Å². The summed E-state index contributed by atoms with van der Waals surface area (Å²) in [6.45, 7) is 19.9. The molecule has 0 atom stereocenters. The van der Waals surface area contributed by atoms with E-state index in [1.807, 2.05) is 53.7 Å². The molecule has 0 spiro atoms. The van der Waals surface area contributed by atoms with E-state index in [1.54, 1.807) is 16.7 Å². The summed E-state index contributed by atoms with van der Waals surface area (Å²) in [6.07, 6.45) is 1.86. The standard InChI is InChI=1S/C21H32N4O2.C12H21NO4.C10H12N2/c1-15-12-16-13-17(6-7-18(16)24(15)5)23-14-21(22)8-10-25(11-9-21)19(26)27-20(2,3)4;1-11(2,3)17-10(16)13-7-5-12(4,6-8-13)9(14)15;1-7-5-8-6-9(11)3-4-10(8)12(7)2/h6-7,12-13,23H,8-11,14,22H2,1-5H3;5-8H2,1-4H3,(H,14,15);3-6H,11H2,1-2H3. The van der Waals surface area contributed by atoms with Gasteiger partial charge in [-0.15, -0.1) is 0 Å². The monoisotopic (exact) mass is 775 g/mol. The number of nitrogen functional groups attached to an aromatic ring is 1. The molecular formula is C43H65N7O6. The molecule has 6 rings (SSSR count). The molecule has 0 unspecified atom stereocenters. The summed E-state index contributed by atoms with van der Waals surface area (Å²) in [6, 6.07) is 16.7. The summed E-state index contributed by atoms with van der Waals surface area (Å²) >= 11 is 0. The molecule has 56 heavy (non-hydrogen) atoms. The predicted molar refractivity (Wildman–Crippen MR) is 225 cm³/mol. The van der Waals surface area contributed by atoms with E-state index in [9.17, 15) is 14.4 Å². The van der Waals surface area contributed by atoms with Crippen LogP contribution < -0.4 is 16.8 Å². The van der Waals surface area contributed by atoms with Crippen LogP contribution >= 0.6 is 0 Å². The summed E-state index contributed by atoms with van der Waals surface area (Å²) in [5.74, 6) is -0.790. The Kier molecular flexibility index (Phi) is 13.4. The summed E-state index contributed by atoms with van der Waals surface area (Å²) in [4.78, 5) is 38.3. The number of aliphatic carboxylic acids is 1. The lowest BCUT2D eigenvalue weighted by Gasteiger charge is -2.39. The van der Waals surface area contributed by atoms with Crippen LogP contribution in [0, 0.1) is 19.3 Å². The lowest BCUT2D eigenvalue weighted by atomic mass is 9.81. The molecular weight excluding hydrogens is 711 g/mol. The van der Waals surface area contributed by atoms with Crippen LogP contribution in [-0.2, 0) is 28.4 Å². The number of nitrogens with one attached hydrogen (secondary N) is 1. The van der Waals surface area contributed by atoms with Gasteiger partial charge in [0.25, 0.3) is 0 Å². The maximum atomic E-state index is 12.2. The number of carboxylic acid groups (broad SMARTS) is 1. The van der Waals surface area contributed by atoms with Gasteiger partial charge >= 0.3 is 18.2 Å². The van der Waals surface area contributed by atoms with Gasteiger partial charge in [-0.2, -0.15) is 0 Å². The highest BCUT2D eigenvalue weighted by Gasteiger charge is 2.39. The first-order valence-electron chi connectivity index (χ1n) is 19.5. The summed E-state index contributed by atoms with van der Waals surface area (Å²) in [5.41, 5.74) is 17.1. The Morgan fingerprint density at radius 2 is 1.16 bits per heavy atom. The lowest BCUT2D eigenvalue weighted by molar-refractivity contribution is -0.150. The maximum Gasteiger partial charge on any atom is 0.410 e. The van der Waals surface area contributed by atoms with E-state index in [4.69, 9.17) is 26.0 Å². The normalized spacial score (nSPS) is 16.6. The maximum absolute atomic E-state index is 12.2. The first-order valence-corrected chi connectivity index (χ1v) is 19.5. The first kappa shape index (κ1) is 43.8. The van der Waals surface area contributed by atoms with Gasteiger partial charge in [-0.05, 0) is 137 Å². The second-order valence-electron chi connectivity index (χ2n) is 17.8. The molecule has 6 N–H and O–H groups in total. The van der Waals surface area contributed by atoms with Crippen molar-refractivity contribution < 1.29 is 29.0 Å². The van der Waals surface area contributed by atoms with E-state index in [-0.39, 0.29) is 17.7 Å². The third kappa shape index (κ3) is 11.6. The number of carbonyl (C=O) groups excluding carboxylic acids is 2. The van der Waals surface area contributed by atoms with E-state index < -0.39 is 22.6 Å². The van der Waals surface area contributed by atoms with Gasteiger partial charge in [0, 0.05) is 96.9 Å². The molecule has 0 saturated carbocycles. The van der Waals surface area contributed by atoms with E-state index in [1.165, 1.54) is 33.2 Å². The fraction of sp³-hybridized carbons (Fsp3) is 0.558. The zero-order chi connectivity index (χ0) is 41.8. The highest BCUT2D eigenvalue weighted by atomic mass is 16.6. The number of carbonyl (C=O) groups is 3. The Bertz CT molecular complexity index is 2000. The van der Waals surface area contributed by atoms with Crippen molar-refractivity contribution in [1.29, 1.82) is 0 Å². The second-order valence-corrected chi connectivity index (χ2v) is 17.8. The molecule has 2 aliphatic rings. The molecule has 4 aromatic rings. The van der Waals surface area contributed by atoms with Crippen LogP contribution in [0.4, 0.5) is 21.0 Å². The number of ether oxygens (including phenoxy) is 2. The van der Waals surface area contributed by atoms with Crippen LogP contribution in [-0.4, -0.2) is 91.7 Å². The lowest BCUT2D eigenvalue weighted by Crippen LogP contribution is -2.55. The number of hydrogen-bond donors (Lipinski definition) is 4. The van der Waals surface area contributed by atoms with Crippen LogP contribution in [0.5, 0.6) is 0 Å². The Morgan fingerprint density at radius 1 is 0.732 bits per heavy atom. The van der Waals surface area contributed by atoms with Gasteiger partial charge in [0.2, 0.25) is 0 Å². The van der Waals surface area contributed by atoms with Crippen molar-refractivity contribution in [2.24, 2.45) is 25.2 Å². The second kappa shape index (κ2) is 17.1. The molecule has 2 aliphatic heterocycles. The summed E-state index contributed by atoms with van der Waals surface area (Å²) in [7, 11) is 4.14. The molecule has 0 aliphatic carbocycles. The number of amides is 2. The van der Waals surface area contributed by atoms with Crippen LogP contribution in [0.1, 0.15) is 85.5 Å². The van der Waals surface area contributed by atoms with Gasteiger partial charge in [-0.1, -0.05) is 0 Å². The van der Waals surface area contributed by atoms with E-state index in [2.05, 4.69) is 78.8 Å². The summed E-state index contributed by atoms with van der Waals surface area (Å²) < 4.78 is 15.1. The molecule has 13 nitrogen and oxygen atoms in total. The zero-order valence-electron chi connectivity index (χ0n) is 35.4. The van der Waals surface area contributed by atoms with Crippen LogP contribution in [0.25, 0.3) is 21.8 Å². The molecule has 2 aromatic carbocycles. The smallest absolute Gasteiger partial charge is 0.410 e. The minimum Gasteiger partial charge on any atom is -0.481 e. The van der Waals surface area contributed by atoms with Gasteiger partial charge in [-0.25, -0.2) is 9.59 Å². The van der Waals surface area contributed by atoms with Crippen molar-refractivity contribution >= 4 is 51.3 Å². The Labute approximate surface area is 332 Å². The number of aryl methyl sites for hydroxylation is 4. The Morgan fingerprint density at radius 3 is 1.61 bits per heavy atom. The average molecular weight is 776 g/mol. The van der Waals surface area contributed by atoms with Gasteiger partial charge in [0.1, 0.15) is 11.2 Å². The molecule has 2 aromatic heterocycles. The Balaban J connectivity index is 0.000000204. The molecule has 13 heteroatoms. The minimum atomic E-state index is -0.790. The molecule has 4 heterocycles.